The van der Waals surface area contributed by atoms with Crippen molar-refractivity contribution in [2.24, 2.45) is 0 Å². The summed E-state index contributed by atoms with van der Waals surface area (Å²) in [5.41, 5.74) is 1.66. The molecule has 1 heterocycles. The van der Waals surface area contributed by atoms with Crippen molar-refractivity contribution >= 4 is 17.5 Å². The lowest BCUT2D eigenvalue weighted by Crippen LogP contribution is -2.27. The fraction of sp³-hybridized carbons (Fsp3) is 0.211. The monoisotopic (exact) mass is 386 g/mol. The second-order valence-electron chi connectivity index (χ2n) is 5.80. The summed E-state index contributed by atoms with van der Waals surface area (Å²) in [5.74, 6) is 0.956. The van der Waals surface area contributed by atoms with Gasteiger partial charge in [0.15, 0.2) is 5.69 Å². The van der Waals surface area contributed by atoms with Crippen molar-refractivity contribution in [1.29, 1.82) is 0 Å². The quantitative estimate of drug-likeness (QED) is 0.702. The predicted octanol–water partition coefficient (Wildman–Crippen LogP) is 3.43. The molecule has 0 fully saturated rings. The summed E-state index contributed by atoms with van der Waals surface area (Å²) in [7, 11) is 3.16. The van der Waals surface area contributed by atoms with Crippen molar-refractivity contribution in [3.63, 3.8) is 0 Å². The van der Waals surface area contributed by atoms with Crippen LogP contribution in [0, 0.1) is 0 Å². The molecule has 140 valence electrons. The Hall–Kier alpha value is -3.06. The van der Waals surface area contributed by atoms with Gasteiger partial charge in [-0.3, -0.25) is 4.79 Å². The Morgan fingerprint density at radius 3 is 2.67 bits per heavy atom. The van der Waals surface area contributed by atoms with Gasteiger partial charge in [-0.15, -0.1) is 5.10 Å². The van der Waals surface area contributed by atoms with E-state index in [1.807, 2.05) is 31.2 Å². The van der Waals surface area contributed by atoms with Crippen LogP contribution in [0.3, 0.4) is 0 Å². The van der Waals surface area contributed by atoms with E-state index in [4.69, 9.17) is 21.1 Å². The maximum absolute atomic E-state index is 12.6. The lowest BCUT2D eigenvalue weighted by Gasteiger charge is -2.17. The Balaban J connectivity index is 1.77. The molecule has 0 saturated carbocycles. The number of amides is 1. The number of ether oxygens (including phenoxy) is 2. The van der Waals surface area contributed by atoms with Gasteiger partial charge in [0.25, 0.3) is 5.91 Å². The van der Waals surface area contributed by atoms with Gasteiger partial charge in [0.1, 0.15) is 11.5 Å². The van der Waals surface area contributed by atoms with Crippen LogP contribution < -0.4 is 14.8 Å². The van der Waals surface area contributed by atoms with Gasteiger partial charge in [0.2, 0.25) is 0 Å². The number of benzene rings is 2. The number of aromatic nitrogens is 3. The third-order valence-corrected chi connectivity index (χ3v) is 4.40. The Bertz CT molecular complexity index is 958. The molecule has 7 nitrogen and oxygen atoms in total. The maximum Gasteiger partial charge on any atom is 0.273 e. The lowest BCUT2D eigenvalue weighted by atomic mass is 10.1. The lowest BCUT2D eigenvalue weighted by molar-refractivity contribution is 0.0934. The number of hydrogen-bond acceptors (Lipinski definition) is 5. The highest BCUT2D eigenvalue weighted by atomic mass is 35.5. The van der Waals surface area contributed by atoms with Gasteiger partial charge in [0, 0.05) is 11.6 Å². The molecule has 0 saturated heterocycles. The summed E-state index contributed by atoms with van der Waals surface area (Å²) in [6, 6.07) is 12.3. The summed E-state index contributed by atoms with van der Waals surface area (Å²) >= 11 is 6.16. The zero-order chi connectivity index (χ0) is 19.4. The molecule has 27 heavy (non-hydrogen) atoms. The number of methoxy groups -OCH3 is 2. The Morgan fingerprint density at radius 2 is 1.96 bits per heavy atom. The second kappa shape index (κ2) is 8.09. The summed E-state index contributed by atoms with van der Waals surface area (Å²) in [6.07, 6.45) is 1.54. The van der Waals surface area contributed by atoms with Gasteiger partial charge in [-0.25, -0.2) is 4.68 Å². The van der Waals surface area contributed by atoms with E-state index in [0.29, 0.717) is 22.2 Å². The number of nitrogens with one attached hydrogen (secondary N) is 1. The minimum atomic E-state index is -0.348. The minimum absolute atomic E-state index is 0.189. The van der Waals surface area contributed by atoms with E-state index in [2.05, 4.69) is 15.6 Å². The topological polar surface area (TPSA) is 78.3 Å². The molecule has 3 aromatic rings. The summed E-state index contributed by atoms with van der Waals surface area (Å²) in [4.78, 5) is 12.6. The van der Waals surface area contributed by atoms with Crippen molar-refractivity contribution in [2.45, 2.75) is 13.0 Å². The van der Waals surface area contributed by atoms with Crippen molar-refractivity contribution in [3.8, 4) is 17.2 Å². The van der Waals surface area contributed by atoms with Crippen LogP contribution in [0.4, 0.5) is 0 Å². The number of nitrogens with zero attached hydrogens (tertiary/aromatic N) is 3. The van der Waals surface area contributed by atoms with Crippen LogP contribution >= 0.6 is 11.6 Å². The predicted molar refractivity (Wildman–Crippen MR) is 102 cm³/mol. The van der Waals surface area contributed by atoms with Crippen LogP contribution in [0.25, 0.3) is 5.69 Å². The molecule has 0 aliphatic rings. The molecule has 3 rings (SSSR count). The Kier molecular flexibility index (Phi) is 5.61. The first kappa shape index (κ1) is 18.7. The van der Waals surface area contributed by atoms with E-state index in [1.165, 1.54) is 10.9 Å². The summed E-state index contributed by atoms with van der Waals surface area (Å²) < 4.78 is 12.1. The van der Waals surface area contributed by atoms with Crippen LogP contribution in [0.15, 0.2) is 48.7 Å². The smallest absolute Gasteiger partial charge is 0.273 e. The fourth-order valence-electron chi connectivity index (χ4n) is 2.65. The van der Waals surface area contributed by atoms with Gasteiger partial charge in [0.05, 0.1) is 37.2 Å². The van der Waals surface area contributed by atoms with Gasteiger partial charge in [-0.1, -0.05) is 28.9 Å². The normalized spacial score (nSPS) is 11.7. The molecular weight excluding hydrogens is 368 g/mol. The van der Waals surface area contributed by atoms with Crippen molar-refractivity contribution < 1.29 is 14.3 Å². The maximum atomic E-state index is 12.6. The van der Waals surface area contributed by atoms with Crippen molar-refractivity contribution in [2.75, 3.05) is 14.2 Å². The first-order valence-corrected chi connectivity index (χ1v) is 8.61. The van der Waals surface area contributed by atoms with Gasteiger partial charge >= 0.3 is 0 Å². The highest BCUT2D eigenvalue weighted by Crippen LogP contribution is 2.29. The average molecular weight is 387 g/mol. The number of rotatable bonds is 6. The number of hydrogen-bond donors (Lipinski definition) is 1. The zero-order valence-corrected chi connectivity index (χ0v) is 15.9. The summed E-state index contributed by atoms with van der Waals surface area (Å²) in [5, 5.41) is 11.3. The molecule has 1 amide bonds. The van der Waals surface area contributed by atoms with Gasteiger partial charge in [-0.2, -0.15) is 0 Å². The summed E-state index contributed by atoms with van der Waals surface area (Å²) in [6.45, 7) is 1.86. The SMILES string of the molecule is COc1ccc([C@H](C)NC(=O)c2cn(-c3ccccc3Cl)nn2)c(OC)c1. The van der Waals surface area contributed by atoms with Crippen LogP contribution in [-0.4, -0.2) is 35.1 Å². The highest BCUT2D eigenvalue weighted by molar-refractivity contribution is 6.32. The number of carbonyl (C=O) groups excluding carboxylic acids is 1. The molecule has 1 aromatic heterocycles. The van der Waals surface area contributed by atoms with Crippen molar-refractivity contribution in [3.05, 3.63) is 64.9 Å². The number of para-hydroxylation sites is 1. The Morgan fingerprint density at radius 1 is 1.19 bits per heavy atom. The molecule has 0 aliphatic heterocycles. The first-order chi connectivity index (χ1) is 13.0. The van der Waals surface area contributed by atoms with Crippen LogP contribution in [0.2, 0.25) is 5.02 Å². The molecule has 0 spiro atoms. The average Bonchev–Trinajstić information content (AvgIpc) is 3.17. The molecular formula is C19H19ClN4O3. The van der Waals surface area contributed by atoms with Crippen LogP contribution in [0.1, 0.15) is 29.0 Å². The molecule has 0 bridgehead atoms. The highest BCUT2D eigenvalue weighted by Gasteiger charge is 2.18. The van der Waals surface area contributed by atoms with E-state index in [1.54, 1.807) is 32.4 Å². The standard InChI is InChI=1S/C19H19ClN4O3/c1-12(14-9-8-13(26-2)10-18(14)27-3)21-19(25)16-11-24(23-22-16)17-7-5-4-6-15(17)20/h4-12H,1-3H3,(H,21,25)/t12-/m0/s1. The van der Waals surface area contributed by atoms with E-state index < -0.39 is 0 Å². The molecule has 0 radical (unpaired) electrons. The van der Waals surface area contributed by atoms with E-state index in [0.717, 1.165) is 5.56 Å². The molecule has 8 heteroatoms. The van der Waals surface area contributed by atoms with Crippen molar-refractivity contribution in [1.82, 2.24) is 20.3 Å². The van der Waals surface area contributed by atoms with E-state index in [9.17, 15) is 4.79 Å². The Labute approximate surface area is 161 Å². The zero-order valence-electron chi connectivity index (χ0n) is 15.1. The van der Waals surface area contributed by atoms with E-state index in [-0.39, 0.29) is 17.6 Å². The van der Waals surface area contributed by atoms with E-state index >= 15 is 0 Å². The number of carbonyl (C=O) groups is 1. The van der Waals surface area contributed by atoms with Gasteiger partial charge < -0.3 is 14.8 Å². The molecule has 0 aliphatic carbocycles. The largest absolute Gasteiger partial charge is 0.497 e. The third kappa shape index (κ3) is 4.03. The molecule has 1 N–H and O–H groups in total. The second-order valence-corrected chi connectivity index (χ2v) is 6.21. The minimum Gasteiger partial charge on any atom is -0.497 e. The van der Waals surface area contributed by atoms with Gasteiger partial charge in [-0.05, 0) is 31.2 Å². The first-order valence-electron chi connectivity index (χ1n) is 8.23. The fourth-order valence-corrected chi connectivity index (χ4v) is 2.87. The molecule has 2 aromatic carbocycles. The molecule has 1 atom stereocenters. The van der Waals surface area contributed by atoms with Crippen LogP contribution in [0.5, 0.6) is 11.5 Å². The number of halogens is 1. The van der Waals surface area contributed by atoms with Crippen LogP contribution in [-0.2, 0) is 0 Å². The molecule has 0 unspecified atom stereocenters. The third-order valence-electron chi connectivity index (χ3n) is 4.08.